The number of unbranched alkanes of at least 4 members (excludes halogenated alkanes) is 1. The Morgan fingerprint density at radius 3 is 2.83 bits per heavy atom. The number of carbonyl (C=O) groups is 3. The van der Waals surface area contributed by atoms with Crippen LogP contribution in [0.15, 0.2) is 24.3 Å². The second-order valence-corrected chi connectivity index (χ2v) is 10.0. The van der Waals surface area contributed by atoms with E-state index in [0.717, 1.165) is 12.8 Å². The fourth-order valence-electron chi connectivity index (χ4n) is 5.21. The summed E-state index contributed by atoms with van der Waals surface area (Å²) in [6, 6.07) is -1.24. The molecule has 6 atom stereocenters. The fourth-order valence-corrected chi connectivity index (χ4v) is 7.19. The highest BCUT2D eigenvalue weighted by Crippen LogP contribution is 2.61. The number of fused-ring (bicyclic) bond motifs is 2. The molecule has 4 rings (SSSR count). The van der Waals surface area contributed by atoms with Crippen LogP contribution in [-0.4, -0.2) is 81.1 Å². The molecule has 0 aliphatic carbocycles. The van der Waals surface area contributed by atoms with E-state index < -0.39 is 28.7 Å². The van der Waals surface area contributed by atoms with E-state index in [2.05, 4.69) is 6.92 Å². The molecule has 0 aromatic carbocycles. The van der Waals surface area contributed by atoms with Gasteiger partial charge in [-0.15, -0.1) is 11.8 Å². The van der Waals surface area contributed by atoms with Crippen molar-refractivity contribution in [3.63, 3.8) is 0 Å². The minimum Gasteiger partial charge on any atom is -0.465 e. The van der Waals surface area contributed by atoms with Crippen LogP contribution >= 0.6 is 11.8 Å². The SMILES string of the molecule is CCCCN1CC=C[C@]23S[C@@H]4C=CCCOC(=O)[C@@H]4[C@H]2C(=O)N([C@H](C)CO)C3C1=O. The molecule has 4 aliphatic heterocycles. The Morgan fingerprint density at radius 1 is 1.30 bits per heavy atom. The number of nitrogens with zero attached hydrogens (tertiary/aromatic N) is 2. The van der Waals surface area contributed by atoms with Crippen molar-refractivity contribution in [3.8, 4) is 0 Å². The number of aliphatic hydroxyl groups excluding tert-OH is 1. The molecule has 1 N–H and O–H groups in total. The highest BCUT2D eigenvalue weighted by atomic mass is 32.2. The third-order valence-corrected chi connectivity index (χ3v) is 8.41. The van der Waals surface area contributed by atoms with Crippen molar-refractivity contribution in [1.29, 1.82) is 0 Å². The van der Waals surface area contributed by atoms with Crippen molar-refractivity contribution >= 4 is 29.5 Å². The highest BCUT2D eigenvalue weighted by molar-refractivity contribution is 8.02. The standard InChI is InChI=1S/C22H30N2O5S/c1-3-4-10-23-11-7-9-22-17(16-15(30-22)8-5-6-12-29-21(16)28)19(26)24(14(2)13-25)18(22)20(23)27/h5,7-9,14-18,25H,3-4,6,10-13H2,1-2H3/t14-,15-,16+,17+,18?,22+/m1/s1. The summed E-state index contributed by atoms with van der Waals surface area (Å²) in [6.45, 7) is 5.03. The number of likely N-dealkylation sites (tertiary alicyclic amines) is 1. The van der Waals surface area contributed by atoms with E-state index in [9.17, 15) is 19.5 Å². The number of thioether (sulfide) groups is 1. The first-order chi connectivity index (χ1) is 14.5. The fraction of sp³-hybridized carbons (Fsp3) is 0.682. The summed E-state index contributed by atoms with van der Waals surface area (Å²) >= 11 is 1.54. The zero-order valence-corrected chi connectivity index (χ0v) is 18.3. The number of aliphatic hydroxyl groups is 1. The van der Waals surface area contributed by atoms with E-state index in [1.165, 1.54) is 11.8 Å². The zero-order chi connectivity index (χ0) is 21.5. The van der Waals surface area contributed by atoms with Crippen molar-refractivity contribution < 1.29 is 24.2 Å². The molecule has 1 unspecified atom stereocenters. The molecule has 4 heterocycles. The number of cyclic esters (lactones) is 1. The van der Waals surface area contributed by atoms with E-state index in [-0.39, 0.29) is 29.6 Å². The summed E-state index contributed by atoms with van der Waals surface area (Å²) in [5.74, 6) is -1.99. The monoisotopic (exact) mass is 434 g/mol. The molecule has 0 aromatic heterocycles. The van der Waals surface area contributed by atoms with E-state index in [4.69, 9.17) is 4.74 Å². The van der Waals surface area contributed by atoms with Crippen molar-refractivity contribution in [2.24, 2.45) is 11.8 Å². The summed E-state index contributed by atoms with van der Waals surface area (Å²) in [5.41, 5.74) is 0. The van der Waals surface area contributed by atoms with Crippen LogP contribution in [0.25, 0.3) is 0 Å². The van der Waals surface area contributed by atoms with Crippen LogP contribution < -0.4 is 0 Å². The minimum absolute atomic E-state index is 0.0938. The van der Waals surface area contributed by atoms with Crippen molar-refractivity contribution in [2.45, 2.75) is 55.2 Å². The van der Waals surface area contributed by atoms with Gasteiger partial charge in [-0.3, -0.25) is 14.4 Å². The molecule has 0 bridgehead atoms. The largest absolute Gasteiger partial charge is 0.465 e. The summed E-state index contributed by atoms with van der Waals surface area (Å²) in [4.78, 5) is 43.7. The van der Waals surface area contributed by atoms with E-state index in [1.54, 1.807) is 16.7 Å². The first-order valence-corrected chi connectivity index (χ1v) is 11.7. The molecule has 0 aromatic rings. The molecule has 1 spiro atoms. The van der Waals surface area contributed by atoms with Crippen molar-refractivity contribution in [2.75, 3.05) is 26.3 Å². The lowest BCUT2D eigenvalue weighted by Crippen LogP contribution is -2.56. The molecule has 164 valence electrons. The first kappa shape index (κ1) is 21.4. The van der Waals surface area contributed by atoms with Gasteiger partial charge in [-0.05, 0) is 19.8 Å². The number of amides is 2. The number of hydrogen-bond donors (Lipinski definition) is 1. The van der Waals surface area contributed by atoms with E-state index in [0.29, 0.717) is 26.1 Å². The normalized spacial score (nSPS) is 36.6. The topological polar surface area (TPSA) is 87.2 Å². The molecule has 0 saturated carbocycles. The van der Waals surface area contributed by atoms with Gasteiger partial charge in [0, 0.05) is 18.3 Å². The Bertz CT molecular complexity index is 783. The van der Waals surface area contributed by atoms with Gasteiger partial charge in [0.05, 0.1) is 35.8 Å². The summed E-state index contributed by atoms with van der Waals surface area (Å²) in [7, 11) is 0. The number of rotatable bonds is 5. The van der Waals surface area contributed by atoms with Gasteiger partial charge < -0.3 is 19.6 Å². The van der Waals surface area contributed by atoms with Crippen LogP contribution in [-0.2, 0) is 19.1 Å². The smallest absolute Gasteiger partial charge is 0.311 e. The van der Waals surface area contributed by atoms with Gasteiger partial charge >= 0.3 is 5.97 Å². The number of esters is 1. The lowest BCUT2D eigenvalue weighted by Gasteiger charge is -2.37. The molecule has 0 radical (unpaired) electrons. The van der Waals surface area contributed by atoms with Crippen molar-refractivity contribution in [3.05, 3.63) is 24.3 Å². The van der Waals surface area contributed by atoms with Gasteiger partial charge in [-0.2, -0.15) is 0 Å². The zero-order valence-electron chi connectivity index (χ0n) is 17.5. The van der Waals surface area contributed by atoms with Gasteiger partial charge in [-0.25, -0.2) is 0 Å². The number of carbonyl (C=O) groups excluding carboxylic acids is 3. The second-order valence-electron chi connectivity index (χ2n) is 8.54. The molecule has 8 heteroatoms. The molecule has 30 heavy (non-hydrogen) atoms. The quantitative estimate of drug-likeness (QED) is 0.519. The van der Waals surface area contributed by atoms with Gasteiger partial charge in [-0.1, -0.05) is 37.6 Å². The minimum atomic E-state index is -0.832. The average Bonchev–Trinajstić information content (AvgIpc) is 3.11. The van der Waals surface area contributed by atoms with Crippen LogP contribution in [0.2, 0.25) is 0 Å². The molecular weight excluding hydrogens is 404 g/mol. The van der Waals surface area contributed by atoms with Crippen LogP contribution in [0.5, 0.6) is 0 Å². The summed E-state index contributed by atoms with van der Waals surface area (Å²) in [6.07, 6.45) is 10.5. The molecule has 2 saturated heterocycles. The molecule has 2 amide bonds. The van der Waals surface area contributed by atoms with Gasteiger partial charge in [0.2, 0.25) is 11.8 Å². The Morgan fingerprint density at radius 2 is 2.10 bits per heavy atom. The van der Waals surface area contributed by atoms with Gasteiger partial charge in [0.15, 0.2) is 0 Å². The Balaban J connectivity index is 1.81. The predicted octanol–water partition coefficient (Wildman–Crippen LogP) is 1.37. The first-order valence-electron chi connectivity index (χ1n) is 10.9. The maximum Gasteiger partial charge on any atom is 0.311 e. The lowest BCUT2D eigenvalue weighted by atomic mass is 9.78. The lowest BCUT2D eigenvalue weighted by molar-refractivity contribution is -0.153. The highest BCUT2D eigenvalue weighted by Gasteiger charge is 2.71. The van der Waals surface area contributed by atoms with Crippen LogP contribution in [0.1, 0.15) is 33.1 Å². The number of ether oxygens (including phenoxy) is 1. The Kier molecular flexibility index (Phi) is 5.99. The average molecular weight is 435 g/mol. The molecule has 7 nitrogen and oxygen atoms in total. The number of hydrogen-bond acceptors (Lipinski definition) is 6. The van der Waals surface area contributed by atoms with Gasteiger partial charge in [0.1, 0.15) is 6.04 Å². The van der Waals surface area contributed by atoms with E-state index >= 15 is 0 Å². The van der Waals surface area contributed by atoms with Gasteiger partial charge in [0.25, 0.3) is 0 Å². The third-order valence-electron chi connectivity index (χ3n) is 6.66. The predicted molar refractivity (Wildman–Crippen MR) is 114 cm³/mol. The van der Waals surface area contributed by atoms with Crippen molar-refractivity contribution in [1.82, 2.24) is 9.80 Å². The van der Waals surface area contributed by atoms with Crippen LogP contribution in [0.3, 0.4) is 0 Å². The van der Waals surface area contributed by atoms with E-state index in [1.807, 2.05) is 24.3 Å². The molecule has 4 aliphatic rings. The Hall–Kier alpha value is -1.80. The van der Waals surface area contributed by atoms with Crippen LogP contribution in [0.4, 0.5) is 0 Å². The summed E-state index contributed by atoms with van der Waals surface area (Å²) in [5, 5.41) is 9.64. The maximum absolute atomic E-state index is 13.7. The summed E-state index contributed by atoms with van der Waals surface area (Å²) < 4.78 is 4.61. The second kappa shape index (κ2) is 8.38. The van der Waals surface area contributed by atoms with Crippen LogP contribution in [0, 0.1) is 11.8 Å². The third kappa shape index (κ3) is 3.19. The Labute approximate surface area is 181 Å². The molecule has 2 fully saturated rings. The maximum atomic E-state index is 13.7. The molecular formula is C22H30N2O5S.